The van der Waals surface area contributed by atoms with Gasteiger partial charge in [0.1, 0.15) is 11.5 Å². The van der Waals surface area contributed by atoms with Crippen molar-refractivity contribution in [1.29, 1.82) is 0 Å². The quantitative estimate of drug-likeness (QED) is 0.198. The first-order chi connectivity index (χ1) is 17.4. The highest BCUT2D eigenvalue weighted by Crippen LogP contribution is 2.36. The fraction of sp³-hybridized carbons (Fsp3) is 0.258. The van der Waals surface area contributed by atoms with Crippen LogP contribution in [0.3, 0.4) is 0 Å². The van der Waals surface area contributed by atoms with Crippen LogP contribution in [0.5, 0.6) is 11.5 Å². The standard InChI is InChI=1S/C31H37N3O2/c1-34(2,3)24-6-21-32-22-19-26(20-23-32)25-7-9-27(10-8-25)33(28-11-15-30(35-4)16-12-28)29-13-17-31(36-5)18-14-29/h7-20,22-23H,6,21,24H2,1-5H3/q+2. The second kappa shape index (κ2) is 11.3. The lowest BCUT2D eigenvalue weighted by Crippen LogP contribution is -2.39. The van der Waals surface area contributed by atoms with Crippen molar-refractivity contribution in [2.75, 3.05) is 46.8 Å². The maximum atomic E-state index is 5.36. The number of aryl methyl sites for hydroxylation is 1. The zero-order valence-corrected chi connectivity index (χ0v) is 22.0. The Balaban J connectivity index is 1.56. The summed E-state index contributed by atoms with van der Waals surface area (Å²) in [5, 5.41) is 0. The van der Waals surface area contributed by atoms with Crippen LogP contribution in [-0.2, 0) is 6.54 Å². The van der Waals surface area contributed by atoms with Crippen LogP contribution in [0.25, 0.3) is 11.1 Å². The number of rotatable bonds is 10. The Labute approximate surface area is 215 Å². The predicted molar refractivity (Wildman–Crippen MR) is 147 cm³/mol. The molecule has 0 spiro atoms. The van der Waals surface area contributed by atoms with Gasteiger partial charge in [-0.3, -0.25) is 0 Å². The highest BCUT2D eigenvalue weighted by atomic mass is 16.5. The number of nitrogens with zero attached hydrogens (tertiary/aromatic N) is 3. The summed E-state index contributed by atoms with van der Waals surface area (Å²) in [6, 6.07) is 29.4. The molecule has 0 aliphatic rings. The summed E-state index contributed by atoms with van der Waals surface area (Å²) in [7, 11) is 10.1. The summed E-state index contributed by atoms with van der Waals surface area (Å²) < 4.78 is 14.0. The van der Waals surface area contributed by atoms with E-state index < -0.39 is 0 Å². The molecule has 0 N–H and O–H groups in total. The van der Waals surface area contributed by atoms with E-state index in [1.54, 1.807) is 14.2 Å². The van der Waals surface area contributed by atoms with Crippen molar-refractivity contribution >= 4 is 17.1 Å². The molecular weight excluding hydrogens is 446 g/mol. The van der Waals surface area contributed by atoms with Crippen LogP contribution in [0.4, 0.5) is 17.1 Å². The molecule has 0 amide bonds. The number of hydrogen-bond acceptors (Lipinski definition) is 3. The normalized spacial score (nSPS) is 11.2. The number of benzene rings is 3. The van der Waals surface area contributed by atoms with E-state index in [0.29, 0.717) is 0 Å². The summed E-state index contributed by atoms with van der Waals surface area (Å²) >= 11 is 0. The first-order valence-electron chi connectivity index (χ1n) is 12.3. The van der Waals surface area contributed by atoms with Gasteiger partial charge in [-0.1, -0.05) is 12.1 Å². The molecule has 5 heteroatoms. The maximum Gasteiger partial charge on any atom is 0.169 e. The van der Waals surface area contributed by atoms with Gasteiger partial charge >= 0.3 is 0 Å². The van der Waals surface area contributed by atoms with Gasteiger partial charge in [0.15, 0.2) is 18.9 Å². The SMILES string of the molecule is COc1ccc(N(c2ccc(OC)cc2)c2ccc(-c3cc[n+](CCC[N+](C)(C)C)cc3)cc2)cc1. The number of hydrogen-bond donors (Lipinski definition) is 0. The summed E-state index contributed by atoms with van der Waals surface area (Å²) in [5.41, 5.74) is 5.61. The average molecular weight is 484 g/mol. The second-order valence-electron chi connectivity index (χ2n) is 9.97. The molecule has 3 aromatic carbocycles. The average Bonchev–Trinajstić information content (AvgIpc) is 2.90. The lowest BCUT2D eigenvalue weighted by molar-refractivity contribution is -0.873. The van der Waals surface area contributed by atoms with Crippen LogP contribution in [0.2, 0.25) is 0 Å². The zero-order chi connectivity index (χ0) is 25.5. The molecule has 186 valence electrons. The van der Waals surface area contributed by atoms with Crippen molar-refractivity contribution in [2.45, 2.75) is 13.0 Å². The van der Waals surface area contributed by atoms with Gasteiger partial charge in [-0.05, 0) is 71.8 Å². The molecule has 0 saturated heterocycles. The largest absolute Gasteiger partial charge is 0.497 e. The topological polar surface area (TPSA) is 25.6 Å². The minimum absolute atomic E-state index is 0.836. The molecule has 0 aliphatic carbocycles. The van der Waals surface area contributed by atoms with E-state index in [2.05, 4.69) is 104 Å². The molecule has 0 unspecified atom stereocenters. The Morgan fingerprint density at radius 3 is 1.44 bits per heavy atom. The Morgan fingerprint density at radius 2 is 1.03 bits per heavy atom. The van der Waals surface area contributed by atoms with Gasteiger partial charge in [-0.2, -0.15) is 0 Å². The highest BCUT2D eigenvalue weighted by Gasteiger charge is 2.14. The second-order valence-corrected chi connectivity index (χ2v) is 9.97. The van der Waals surface area contributed by atoms with Gasteiger partial charge in [-0.15, -0.1) is 0 Å². The van der Waals surface area contributed by atoms with Crippen molar-refractivity contribution in [3.05, 3.63) is 97.3 Å². The molecule has 1 aromatic heterocycles. The third-order valence-electron chi connectivity index (χ3n) is 6.26. The number of methoxy groups -OCH3 is 2. The monoisotopic (exact) mass is 483 g/mol. The summed E-state index contributed by atoms with van der Waals surface area (Å²) in [5.74, 6) is 1.67. The number of aromatic nitrogens is 1. The third-order valence-corrected chi connectivity index (χ3v) is 6.26. The molecule has 5 nitrogen and oxygen atoms in total. The molecule has 0 fully saturated rings. The fourth-order valence-corrected chi connectivity index (χ4v) is 4.24. The molecule has 0 atom stereocenters. The smallest absolute Gasteiger partial charge is 0.169 e. The molecular formula is C31H37N3O2+2. The van der Waals surface area contributed by atoms with E-state index in [9.17, 15) is 0 Å². The fourth-order valence-electron chi connectivity index (χ4n) is 4.24. The molecule has 0 saturated carbocycles. The van der Waals surface area contributed by atoms with Crippen LogP contribution in [0.1, 0.15) is 6.42 Å². The highest BCUT2D eigenvalue weighted by molar-refractivity contribution is 5.78. The minimum Gasteiger partial charge on any atom is -0.497 e. The van der Waals surface area contributed by atoms with Crippen molar-refractivity contribution in [1.82, 2.24) is 0 Å². The molecule has 4 aromatic rings. The molecule has 0 radical (unpaired) electrons. The van der Waals surface area contributed by atoms with Crippen LogP contribution in [0.15, 0.2) is 97.3 Å². The Kier molecular flexibility index (Phi) is 7.91. The molecule has 0 bridgehead atoms. The maximum absolute atomic E-state index is 5.36. The van der Waals surface area contributed by atoms with Crippen LogP contribution in [0, 0.1) is 0 Å². The summed E-state index contributed by atoms with van der Waals surface area (Å²) in [6.07, 6.45) is 5.52. The number of quaternary nitrogens is 1. The summed E-state index contributed by atoms with van der Waals surface area (Å²) in [4.78, 5) is 2.23. The van der Waals surface area contributed by atoms with Crippen LogP contribution >= 0.6 is 0 Å². The van der Waals surface area contributed by atoms with Gasteiger partial charge < -0.3 is 18.9 Å². The lowest BCUT2D eigenvalue weighted by atomic mass is 10.1. The van der Waals surface area contributed by atoms with Crippen molar-refractivity contribution in [3.63, 3.8) is 0 Å². The summed E-state index contributed by atoms with van der Waals surface area (Å²) in [6.45, 7) is 2.20. The molecule has 36 heavy (non-hydrogen) atoms. The van der Waals surface area contributed by atoms with Gasteiger partial charge in [0.05, 0.1) is 48.3 Å². The van der Waals surface area contributed by atoms with Crippen molar-refractivity contribution < 1.29 is 18.5 Å². The third kappa shape index (κ3) is 6.43. The number of anilines is 3. The minimum atomic E-state index is 0.836. The zero-order valence-electron chi connectivity index (χ0n) is 22.0. The van der Waals surface area contributed by atoms with Gasteiger partial charge in [-0.25, -0.2) is 4.57 Å². The molecule has 1 heterocycles. The van der Waals surface area contributed by atoms with E-state index >= 15 is 0 Å². The van der Waals surface area contributed by atoms with Gasteiger partial charge in [0, 0.05) is 29.2 Å². The molecule has 4 rings (SSSR count). The first-order valence-corrected chi connectivity index (χ1v) is 12.3. The Hall–Kier alpha value is -3.83. The van der Waals surface area contributed by atoms with E-state index in [0.717, 1.165) is 52.6 Å². The van der Waals surface area contributed by atoms with E-state index in [-0.39, 0.29) is 0 Å². The van der Waals surface area contributed by atoms with Crippen LogP contribution in [-0.4, -0.2) is 46.4 Å². The number of ether oxygens (including phenoxy) is 2. The van der Waals surface area contributed by atoms with Gasteiger partial charge in [0.2, 0.25) is 0 Å². The number of pyridine rings is 1. The van der Waals surface area contributed by atoms with Gasteiger partial charge in [0.25, 0.3) is 0 Å². The Morgan fingerprint density at radius 1 is 0.611 bits per heavy atom. The van der Waals surface area contributed by atoms with E-state index in [1.165, 1.54) is 11.1 Å². The lowest BCUT2D eigenvalue weighted by Gasteiger charge is -2.26. The van der Waals surface area contributed by atoms with E-state index in [4.69, 9.17) is 9.47 Å². The Bertz CT molecular complexity index is 1180. The predicted octanol–water partition coefficient (Wildman–Crippen LogP) is 6.22. The molecule has 0 aliphatic heterocycles. The first kappa shape index (κ1) is 25.3. The van der Waals surface area contributed by atoms with Crippen molar-refractivity contribution in [3.8, 4) is 22.6 Å². The van der Waals surface area contributed by atoms with E-state index in [1.807, 2.05) is 24.3 Å². The van der Waals surface area contributed by atoms with Crippen molar-refractivity contribution in [2.24, 2.45) is 0 Å². The van der Waals surface area contributed by atoms with Crippen LogP contribution < -0.4 is 18.9 Å².